The number of rotatable bonds is 0. The molecule has 0 atom stereocenters. The molecular formula is C5H6Br2O. The van der Waals surface area contributed by atoms with E-state index in [4.69, 9.17) is 0 Å². The monoisotopic (exact) mass is 240 g/mol. The Bertz CT molecular complexity index is 120. The molecule has 0 heterocycles. The van der Waals surface area contributed by atoms with E-state index in [-0.39, 0.29) is 9.02 Å². The molecule has 0 amide bonds. The third-order valence-electron chi connectivity index (χ3n) is 1.30. The summed E-state index contributed by atoms with van der Waals surface area (Å²) >= 11 is 6.55. The van der Waals surface area contributed by atoms with Crippen LogP contribution in [0.1, 0.15) is 19.3 Å². The van der Waals surface area contributed by atoms with Gasteiger partial charge in [-0.05, 0) is 12.8 Å². The minimum Gasteiger partial charge on any atom is -0.297 e. The summed E-state index contributed by atoms with van der Waals surface area (Å²) in [7, 11) is 0. The van der Waals surface area contributed by atoms with Crippen LogP contribution in [0.4, 0.5) is 0 Å². The number of hydrogen-bond acceptors (Lipinski definition) is 1. The van der Waals surface area contributed by atoms with Crippen LogP contribution in [0.3, 0.4) is 0 Å². The molecular weight excluding hydrogens is 236 g/mol. The summed E-state index contributed by atoms with van der Waals surface area (Å²) < 4.78 is -0.361. The lowest BCUT2D eigenvalue weighted by Crippen LogP contribution is -2.15. The lowest BCUT2D eigenvalue weighted by atomic mass is 10.3. The van der Waals surface area contributed by atoms with Gasteiger partial charge < -0.3 is 0 Å². The van der Waals surface area contributed by atoms with E-state index in [1.165, 1.54) is 0 Å². The predicted octanol–water partition coefficient (Wildman–Crippen LogP) is 2.23. The summed E-state index contributed by atoms with van der Waals surface area (Å²) in [5, 5.41) is 0. The lowest BCUT2D eigenvalue weighted by molar-refractivity contribution is -0.117. The molecule has 0 radical (unpaired) electrons. The molecule has 1 fully saturated rings. The lowest BCUT2D eigenvalue weighted by Gasteiger charge is -2.06. The van der Waals surface area contributed by atoms with Crippen molar-refractivity contribution in [1.29, 1.82) is 0 Å². The Morgan fingerprint density at radius 1 is 1.50 bits per heavy atom. The Labute approximate surface area is 65.1 Å². The predicted molar refractivity (Wildman–Crippen MR) is 39.4 cm³/mol. The van der Waals surface area contributed by atoms with Gasteiger partial charge in [-0.1, -0.05) is 31.9 Å². The molecule has 1 aliphatic rings. The zero-order chi connectivity index (χ0) is 6.20. The molecule has 0 aromatic carbocycles. The van der Waals surface area contributed by atoms with Crippen LogP contribution in [0.2, 0.25) is 0 Å². The van der Waals surface area contributed by atoms with Crippen molar-refractivity contribution in [3.05, 3.63) is 0 Å². The summed E-state index contributed by atoms with van der Waals surface area (Å²) in [6.45, 7) is 0. The molecule has 1 saturated carbocycles. The van der Waals surface area contributed by atoms with Crippen LogP contribution in [-0.2, 0) is 4.79 Å². The maximum atomic E-state index is 10.8. The quantitative estimate of drug-likeness (QED) is 0.595. The van der Waals surface area contributed by atoms with Crippen molar-refractivity contribution in [3.8, 4) is 0 Å². The van der Waals surface area contributed by atoms with E-state index in [2.05, 4.69) is 31.9 Å². The summed E-state index contributed by atoms with van der Waals surface area (Å²) in [6.07, 6.45) is 2.65. The average molecular weight is 242 g/mol. The molecule has 0 aliphatic heterocycles. The van der Waals surface area contributed by atoms with Crippen LogP contribution in [0, 0.1) is 0 Å². The van der Waals surface area contributed by atoms with E-state index in [9.17, 15) is 4.79 Å². The normalized spacial score (nSPS) is 26.5. The number of hydrogen-bond donors (Lipinski definition) is 0. The number of halogens is 2. The Morgan fingerprint density at radius 2 is 2.12 bits per heavy atom. The fourth-order valence-corrected chi connectivity index (χ4v) is 1.75. The molecule has 0 bridgehead atoms. The van der Waals surface area contributed by atoms with Gasteiger partial charge in [0.1, 0.15) is 3.23 Å². The van der Waals surface area contributed by atoms with Crippen molar-refractivity contribution in [1.82, 2.24) is 0 Å². The highest BCUT2D eigenvalue weighted by Crippen LogP contribution is 2.39. The number of alkyl halides is 2. The highest BCUT2D eigenvalue weighted by molar-refractivity contribution is 9.25. The van der Waals surface area contributed by atoms with Crippen LogP contribution < -0.4 is 0 Å². The summed E-state index contributed by atoms with van der Waals surface area (Å²) in [5.41, 5.74) is 0. The van der Waals surface area contributed by atoms with Gasteiger partial charge in [0, 0.05) is 6.42 Å². The van der Waals surface area contributed by atoms with Gasteiger partial charge in [-0.3, -0.25) is 4.79 Å². The first-order chi connectivity index (χ1) is 3.63. The van der Waals surface area contributed by atoms with Gasteiger partial charge in [-0.2, -0.15) is 0 Å². The molecule has 0 saturated heterocycles. The maximum Gasteiger partial charge on any atom is 0.160 e. The van der Waals surface area contributed by atoms with Crippen LogP contribution in [0.15, 0.2) is 0 Å². The van der Waals surface area contributed by atoms with E-state index in [0.29, 0.717) is 0 Å². The zero-order valence-electron chi connectivity index (χ0n) is 4.29. The number of carbonyl (C=O) groups is 1. The van der Waals surface area contributed by atoms with Gasteiger partial charge >= 0.3 is 0 Å². The van der Waals surface area contributed by atoms with Crippen molar-refractivity contribution in [3.63, 3.8) is 0 Å². The highest BCUT2D eigenvalue weighted by Gasteiger charge is 2.36. The molecule has 0 aromatic heterocycles. The fourth-order valence-electron chi connectivity index (χ4n) is 0.793. The minimum atomic E-state index is -0.361. The molecule has 0 unspecified atom stereocenters. The molecule has 0 spiro atoms. The Kier molecular flexibility index (Phi) is 1.77. The summed E-state index contributed by atoms with van der Waals surface area (Å²) in [5.74, 6) is 0.275. The second-order valence-electron chi connectivity index (χ2n) is 1.98. The molecule has 1 nitrogen and oxygen atoms in total. The highest BCUT2D eigenvalue weighted by atomic mass is 79.9. The van der Waals surface area contributed by atoms with Gasteiger partial charge in [0.25, 0.3) is 0 Å². The molecule has 1 rings (SSSR count). The molecule has 46 valence electrons. The van der Waals surface area contributed by atoms with Gasteiger partial charge in [-0.15, -0.1) is 0 Å². The van der Waals surface area contributed by atoms with Gasteiger partial charge in [0.15, 0.2) is 5.78 Å². The second kappa shape index (κ2) is 2.10. The first-order valence-electron chi connectivity index (χ1n) is 2.54. The van der Waals surface area contributed by atoms with E-state index in [1.807, 2.05) is 0 Å². The summed E-state index contributed by atoms with van der Waals surface area (Å²) in [6, 6.07) is 0. The molecule has 8 heavy (non-hydrogen) atoms. The SMILES string of the molecule is O=C1CCCC1(Br)Br. The second-order valence-corrected chi connectivity index (χ2v) is 5.75. The molecule has 3 heteroatoms. The zero-order valence-corrected chi connectivity index (χ0v) is 7.46. The summed E-state index contributed by atoms with van der Waals surface area (Å²) in [4.78, 5) is 10.8. The van der Waals surface area contributed by atoms with E-state index in [0.717, 1.165) is 19.3 Å². The van der Waals surface area contributed by atoms with E-state index in [1.54, 1.807) is 0 Å². The van der Waals surface area contributed by atoms with Gasteiger partial charge in [-0.25, -0.2) is 0 Å². The number of Topliss-reactive ketones (excluding diaryl/α,β-unsaturated/α-hetero) is 1. The third-order valence-corrected chi connectivity index (χ3v) is 2.98. The van der Waals surface area contributed by atoms with Crippen LogP contribution in [0.25, 0.3) is 0 Å². The van der Waals surface area contributed by atoms with Crippen LogP contribution in [-0.4, -0.2) is 9.02 Å². The van der Waals surface area contributed by atoms with Crippen molar-refractivity contribution in [2.45, 2.75) is 22.5 Å². The maximum absolute atomic E-state index is 10.8. The smallest absolute Gasteiger partial charge is 0.160 e. The fraction of sp³-hybridized carbons (Fsp3) is 0.800. The third kappa shape index (κ3) is 1.13. The van der Waals surface area contributed by atoms with Crippen LogP contribution >= 0.6 is 31.9 Å². The topological polar surface area (TPSA) is 17.1 Å². The van der Waals surface area contributed by atoms with Crippen molar-refractivity contribution in [2.75, 3.05) is 0 Å². The Hall–Kier alpha value is 0.630. The largest absolute Gasteiger partial charge is 0.297 e. The van der Waals surface area contributed by atoms with Crippen LogP contribution in [0.5, 0.6) is 0 Å². The first-order valence-corrected chi connectivity index (χ1v) is 4.13. The van der Waals surface area contributed by atoms with Gasteiger partial charge in [0.2, 0.25) is 0 Å². The van der Waals surface area contributed by atoms with E-state index < -0.39 is 0 Å². The van der Waals surface area contributed by atoms with Crippen molar-refractivity contribution < 1.29 is 4.79 Å². The van der Waals surface area contributed by atoms with Crippen molar-refractivity contribution in [2.24, 2.45) is 0 Å². The average Bonchev–Trinajstić information content (AvgIpc) is 1.86. The first kappa shape index (κ1) is 6.75. The Balaban J connectivity index is 2.68. The number of ketones is 1. The molecule has 1 aliphatic carbocycles. The standard InChI is InChI=1S/C5H6Br2O/c6-5(7)3-1-2-4(5)8/h1-3H2. The van der Waals surface area contributed by atoms with Crippen molar-refractivity contribution >= 4 is 37.6 Å². The molecule has 0 N–H and O–H groups in total. The van der Waals surface area contributed by atoms with E-state index >= 15 is 0 Å². The molecule has 0 aromatic rings. The van der Waals surface area contributed by atoms with Gasteiger partial charge in [0.05, 0.1) is 0 Å². The number of carbonyl (C=O) groups excluding carboxylic acids is 1. The minimum absolute atomic E-state index is 0.275. The Morgan fingerprint density at radius 3 is 2.25 bits per heavy atom.